The zero-order valence-corrected chi connectivity index (χ0v) is 11.5. The van der Waals surface area contributed by atoms with Gasteiger partial charge in [0.15, 0.2) is 0 Å². The van der Waals surface area contributed by atoms with Gasteiger partial charge in [0.25, 0.3) is 0 Å². The normalized spacial score (nSPS) is 12.8. The van der Waals surface area contributed by atoms with E-state index in [-0.39, 0.29) is 13.0 Å². The smallest absolute Gasteiger partial charge is 0.326 e. The third-order valence-corrected chi connectivity index (χ3v) is 3.51. The number of nitrogens with one attached hydrogen (secondary N) is 2. The Balaban J connectivity index is 2.61. The molecular weight excluding hydrogens is 270 g/mol. The van der Waals surface area contributed by atoms with E-state index in [2.05, 4.69) is 15.6 Å². The fourth-order valence-electron chi connectivity index (χ4n) is 1.45. The SMILES string of the molecule is CC(C)(NC(=O)N[C@@H](CCO)C(=O)O)c1nccs1. The highest BCUT2D eigenvalue weighted by Crippen LogP contribution is 2.21. The highest BCUT2D eigenvalue weighted by Gasteiger charge is 2.27. The van der Waals surface area contributed by atoms with Gasteiger partial charge in [-0.05, 0) is 13.8 Å². The average molecular weight is 287 g/mol. The first-order valence-corrected chi connectivity index (χ1v) is 6.57. The summed E-state index contributed by atoms with van der Waals surface area (Å²) in [7, 11) is 0. The minimum atomic E-state index is -1.18. The summed E-state index contributed by atoms with van der Waals surface area (Å²) in [6.45, 7) is 3.23. The summed E-state index contributed by atoms with van der Waals surface area (Å²) in [5, 5.41) is 25.1. The molecule has 19 heavy (non-hydrogen) atoms. The molecule has 0 aliphatic rings. The number of aromatic nitrogens is 1. The lowest BCUT2D eigenvalue weighted by Gasteiger charge is -2.25. The second kappa shape index (κ2) is 6.48. The Bertz CT molecular complexity index is 433. The largest absolute Gasteiger partial charge is 0.480 e. The van der Waals surface area contributed by atoms with Crippen LogP contribution in [-0.2, 0) is 10.3 Å². The molecule has 0 saturated heterocycles. The molecule has 106 valence electrons. The maximum absolute atomic E-state index is 11.8. The van der Waals surface area contributed by atoms with Gasteiger partial charge in [-0.15, -0.1) is 11.3 Å². The molecular formula is C11H17N3O4S. The number of rotatable bonds is 6. The third kappa shape index (κ3) is 4.49. The molecule has 4 N–H and O–H groups in total. The Labute approximate surface area is 114 Å². The van der Waals surface area contributed by atoms with Crippen molar-refractivity contribution in [2.45, 2.75) is 31.8 Å². The Hall–Kier alpha value is -1.67. The van der Waals surface area contributed by atoms with Crippen LogP contribution in [0.5, 0.6) is 0 Å². The monoisotopic (exact) mass is 287 g/mol. The van der Waals surface area contributed by atoms with E-state index in [0.717, 1.165) is 5.01 Å². The summed E-state index contributed by atoms with van der Waals surface area (Å²) < 4.78 is 0. The third-order valence-electron chi connectivity index (χ3n) is 2.41. The van der Waals surface area contributed by atoms with Crippen LogP contribution in [0.2, 0.25) is 0 Å². The van der Waals surface area contributed by atoms with Gasteiger partial charge >= 0.3 is 12.0 Å². The molecule has 0 fully saturated rings. The minimum absolute atomic E-state index is 0.0412. The van der Waals surface area contributed by atoms with Gasteiger partial charge in [0.05, 0.1) is 5.54 Å². The number of aliphatic hydroxyl groups excluding tert-OH is 1. The van der Waals surface area contributed by atoms with E-state index >= 15 is 0 Å². The van der Waals surface area contributed by atoms with Crippen LogP contribution in [0.4, 0.5) is 4.79 Å². The summed E-state index contributed by atoms with van der Waals surface area (Å²) in [6.07, 6.45) is 1.59. The van der Waals surface area contributed by atoms with E-state index in [1.807, 2.05) is 0 Å². The van der Waals surface area contributed by atoms with Crippen LogP contribution in [-0.4, -0.2) is 39.8 Å². The van der Waals surface area contributed by atoms with Crippen molar-refractivity contribution in [2.75, 3.05) is 6.61 Å². The van der Waals surface area contributed by atoms with Gasteiger partial charge in [0.1, 0.15) is 11.0 Å². The molecule has 1 aromatic rings. The van der Waals surface area contributed by atoms with Crippen molar-refractivity contribution in [1.29, 1.82) is 0 Å². The standard InChI is InChI=1S/C11H17N3O4S/c1-11(2,9-12-4-6-19-9)14-10(18)13-7(3-5-15)8(16)17/h4,6-7,15H,3,5H2,1-2H3,(H,16,17)(H2,13,14,18)/t7-/m0/s1. The predicted molar refractivity (Wildman–Crippen MR) is 69.9 cm³/mol. The lowest BCUT2D eigenvalue weighted by molar-refractivity contribution is -0.139. The molecule has 0 aliphatic carbocycles. The minimum Gasteiger partial charge on any atom is -0.480 e. The van der Waals surface area contributed by atoms with Crippen LogP contribution in [0.25, 0.3) is 0 Å². The summed E-state index contributed by atoms with van der Waals surface area (Å²) in [5.74, 6) is -1.18. The fourth-order valence-corrected chi connectivity index (χ4v) is 2.17. The van der Waals surface area contributed by atoms with Gasteiger partial charge in [-0.1, -0.05) is 0 Å². The molecule has 0 saturated carbocycles. The zero-order valence-electron chi connectivity index (χ0n) is 10.7. The molecule has 1 rings (SSSR count). The Morgan fingerprint density at radius 3 is 2.68 bits per heavy atom. The molecule has 1 aromatic heterocycles. The maximum atomic E-state index is 11.8. The summed E-state index contributed by atoms with van der Waals surface area (Å²) >= 11 is 1.40. The van der Waals surface area contributed by atoms with Crippen molar-refractivity contribution >= 4 is 23.3 Å². The van der Waals surface area contributed by atoms with Crippen LogP contribution < -0.4 is 10.6 Å². The Morgan fingerprint density at radius 1 is 1.53 bits per heavy atom. The van der Waals surface area contributed by atoms with Crippen molar-refractivity contribution in [3.8, 4) is 0 Å². The van der Waals surface area contributed by atoms with Crippen LogP contribution in [0.1, 0.15) is 25.3 Å². The van der Waals surface area contributed by atoms with Crippen molar-refractivity contribution in [3.05, 3.63) is 16.6 Å². The molecule has 0 radical (unpaired) electrons. The molecule has 0 unspecified atom stereocenters. The number of carbonyl (C=O) groups is 2. The van der Waals surface area contributed by atoms with E-state index in [4.69, 9.17) is 10.2 Å². The number of thiazole rings is 1. The van der Waals surface area contributed by atoms with Gasteiger partial charge in [-0.25, -0.2) is 14.6 Å². The van der Waals surface area contributed by atoms with Crippen LogP contribution in [0.3, 0.4) is 0 Å². The van der Waals surface area contributed by atoms with E-state index in [1.165, 1.54) is 11.3 Å². The van der Waals surface area contributed by atoms with Gasteiger partial charge < -0.3 is 20.8 Å². The molecule has 8 heteroatoms. The number of carboxylic acid groups (broad SMARTS) is 1. The van der Waals surface area contributed by atoms with Gasteiger partial charge in [-0.3, -0.25) is 0 Å². The molecule has 1 atom stereocenters. The molecule has 0 spiro atoms. The Kier molecular flexibility index (Phi) is 5.25. The fraction of sp³-hybridized carbons (Fsp3) is 0.545. The highest BCUT2D eigenvalue weighted by atomic mass is 32.1. The summed E-state index contributed by atoms with van der Waals surface area (Å²) in [4.78, 5) is 26.7. The number of aliphatic hydroxyl groups is 1. The average Bonchev–Trinajstić information content (AvgIpc) is 2.81. The molecule has 0 aromatic carbocycles. The molecule has 1 heterocycles. The number of aliphatic carboxylic acids is 1. The van der Waals surface area contributed by atoms with E-state index in [1.54, 1.807) is 25.4 Å². The van der Waals surface area contributed by atoms with E-state index < -0.39 is 23.6 Å². The summed E-state index contributed by atoms with van der Waals surface area (Å²) in [6, 6.07) is -1.72. The van der Waals surface area contributed by atoms with E-state index in [9.17, 15) is 9.59 Å². The number of nitrogens with zero attached hydrogens (tertiary/aromatic N) is 1. The first-order valence-electron chi connectivity index (χ1n) is 5.69. The molecule has 7 nitrogen and oxygen atoms in total. The number of amides is 2. The van der Waals surface area contributed by atoms with Crippen LogP contribution in [0.15, 0.2) is 11.6 Å². The number of hydrogen-bond donors (Lipinski definition) is 4. The quantitative estimate of drug-likeness (QED) is 0.609. The Morgan fingerprint density at radius 2 is 2.21 bits per heavy atom. The van der Waals surface area contributed by atoms with Crippen LogP contribution in [0, 0.1) is 0 Å². The number of hydrogen-bond acceptors (Lipinski definition) is 5. The van der Waals surface area contributed by atoms with E-state index in [0.29, 0.717) is 0 Å². The second-order valence-electron chi connectivity index (χ2n) is 4.46. The first kappa shape index (κ1) is 15.4. The molecule has 0 bridgehead atoms. The van der Waals surface area contributed by atoms with Gasteiger partial charge in [0, 0.05) is 24.6 Å². The maximum Gasteiger partial charge on any atom is 0.326 e. The number of carboxylic acids is 1. The van der Waals surface area contributed by atoms with Crippen LogP contribution >= 0.6 is 11.3 Å². The topological polar surface area (TPSA) is 112 Å². The van der Waals surface area contributed by atoms with Crippen molar-refractivity contribution in [2.24, 2.45) is 0 Å². The van der Waals surface area contributed by atoms with Gasteiger partial charge in [0.2, 0.25) is 0 Å². The zero-order chi connectivity index (χ0) is 14.5. The second-order valence-corrected chi connectivity index (χ2v) is 5.36. The molecule has 0 aliphatic heterocycles. The number of carbonyl (C=O) groups excluding carboxylic acids is 1. The number of urea groups is 1. The van der Waals surface area contributed by atoms with Crippen molar-refractivity contribution < 1.29 is 19.8 Å². The lowest BCUT2D eigenvalue weighted by Crippen LogP contribution is -2.51. The summed E-state index contributed by atoms with van der Waals surface area (Å²) in [5.41, 5.74) is -0.694. The first-order chi connectivity index (χ1) is 8.86. The lowest BCUT2D eigenvalue weighted by atomic mass is 10.1. The van der Waals surface area contributed by atoms with Crippen molar-refractivity contribution in [3.63, 3.8) is 0 Å². The molecule has 2 amide bonds. The predicted octanol–water partition coefficient (Wildman–Crippen LogP) is 0.513. The highest BCUT2D eigenvalue weighted by molar-refractivity contribution is 7.09. The van der Waals surface area contributed by atoms with Crippen molar-refractivity contribution in [1.82, 2.24) is 15.6 Å². The van der Waals surface area contributed by atoms with Gasteiger partial charge in [-0.2, -0.15) is 0 Å².